The third kappa shape index (κ3) is 6.23. The van der Waals surface area contributed by atoms with E-state index in [1.54, 1.807) is 0 Å². The van der Waals surface area contributed by atoms with Crippen LogP contribution in [0.1, 0.15) is 95.9 Å². The second-order valence-corrected chi connectivity index (χ2v) is 19.8. The summed E-state index contributed by atoms with van der Waals surface area (Å²) in [4.78, 5) is 0. The molecular weight excluding hydrogens is 326 g/mol. The van der Waals surface area contributed by atoms with E-state index >= 15 is 0 Å². The molecule has 0 spiro atoms. The Hall–Kier alpha value is 0.860. The van der Waals surface area contributed by atoms with E-state index in [2.05, 4.69) is 83.1 Å². The molecule has 1 saturated carbocycles. The smallest absolute Gasteiger partial charge is 0.0175 e. The first-order valence-corrected chi connectivity index (χ1v) is 13.0. The summed E-state index contributed by atoms with van der Waals surface area (Å²) in [5, 5.41) is 1.91. The maximum Gasteiger partial charge on any atom is -0.0175 e. The van der Waals surface area contributed by atoms with E-state index in [0.29, 0.717) is 20.6 Å². The third-order valence-corrected chi connectivity index (χ3v) is 13.8. The predicted molar refractivity (Wildman–Crippen MR) is 119 cm³/mol. The first kappa shape index (κ1) is 22.9. The standard InChI is InChI=1S/C22H46P2/c1-19(2,3)23(20(4,5)6)15-17-13-14-18(17)16-24(21(7,8)9)22(10,11)12/h17-18H,13-16H2,1-12H3. The fourth-order valence-corrected chi connectivity index (χ4v) is 12.8. The van der Waals surface area contributed by atoms with Crippen LogP contribution in [0.4, 0.5) is 0 Å². The van der Waals surface area contributed by atoms with Crippen LogP contribution in [0.2, 0.25) is 0 Å². The average molecular weight is 373 g/mol. The Balaban J connectivity index is 2.83. The molecule has 144 valence electrons. The Morgan fingerprint density at radius 1 is 0.500 bits per heavy atom. The number of rotatable bonds is 4. The molecule has 0 aliphatic heterocycles. The molecule has 1 rings (SSSR count). The van der Waals surface area contributed by atoms with E-state index in [1.165, 1.54) is 25.2 Å². The molecule has 2 atom stereocenters. The van der Waals surface area contributed by atoms with Gasteiger partial charge in [0.1, 0.15) is 0 Å². The van der Waals surface area contributed by atoms with Gasteiger partial charge in [-0.05, 0) is 57.6 Å². The van der Waals surface area contributed by atoms with E-state index < -0.39 is 0 Å². The maximum absolute atomic E-state index is 2.48. The van der Waals surface area contributed by atoms with E-state index in [-0.39, 0.29) is 15.8 Å². The highest BCUT2D eigenvalue weighted by molar-refractivity contribution is 7.61. The Morgan fingerprint density at radius 3 is 0.833 bits per heavy atom. The van der Waals surface area contributed by atoms with Gasteiger partial charge in [-0.2, -0.15) is 0 Å². The van der Waals surface area contributed by atoms with Crippen molar-refractivity contribution in [3.63, 3.8) is 0 Å². The summed E-state index contributed by atoms with van der Waals surface area (Å²) in [6, 6.07) is 0. The van der Waals surface area contributed by atoms with Gasteiger partial charge < -0.3 is 0 Å². The van der Waals surface area contributed by atoms with Crippen LogP contribution in [0.5, 0.6) is 0 Å². The molecule has 0 aromatic rings. The van der Waals surface area contributed by atoms with Gasteiger partial charge in [0, 0.05) is 0 Å². The minimum absolute atomic E-state index is 0.0627. The Labute approximate surface area is 156 Å². The zero-order chi connectivity index (χ0) is 19.1. The molecule has 0 radical (unpaired) electrons. The van der Waals surface area contributed by atoms with Crippen molar-refractivity contribution in [2.45, 2.75) is 117 Å². The second kappa shape index (κ2) is 7.47. The minimum atomic E-state index is 0.0627. The Kier molecular flexibility index (Phi) is 7.13. The van der Waals surface area contributed by atoms with Gasteiger partial charge in [0.15, 0.2) is 0 Å². The molecule has 0 aromatic heterocycles. The van der Waals surface area contributed by atoms with Gasteiger partial charge in [0.05, 0.1) is 0 Å². The first-order chi connectivity index (χ1) is 10.4. The molecule has 2 heteroatoms. The van der Waals surface area contributed by atoms with Crippen LogP contribution in [0.15, 0.2) is 0 Å². The molecular formula is C22H46P2. The van der Waals surface area contributed by atoms with Crippen LogP contribution < -0.4 is 0 Å². The topological polar surface area (TPSA) is 0 Å². The lowest BCUT2D eigenvalue weighted by Gasteiger charge is -2.50. The van der Waals surface area contributed by atoms with Crippen molar-refractivity contribution in [3.05, 3.63) is 0 Å². The van der Waals surface area contributed by atoms with E-state index in [9.17, 15) is 0 Å². The van der Waals surface area contributed by atoms with Crippen LogP contribution in [0.3, 0.4) is 0 Å². The first-order valence-electron chi connectivity index (χ1n) is 9.99. The monoisotopic (exact) mass is 372 g/mol. The minimum Gasteiger partial charge on any atom is -0.0954 e. The number of hydrogen-bond donors (Lipinski definition) is 0. The second-order valence-electron chi connectivity index (χ2n) is 12.0. The molecule has 1 aliphatic rings. The van der Waals surface area contributed by atoms with Crippen LogP contribution in [-0.4, -0.2) is 32.9 Å². The fraction of sp³-hybridized carbons (Fsp3) is 1.00. The van der Waals surface area contributed by atoms with Gasteiger partial charge in [-0.25, -0.2) is 0 Å². The van der Waals surface area contributed by atoms with E-state index in [0.717, 1.165) is 11.8 Å². The normalized spacial score (nSPS) is 23.8. The van der Waals surface area contributed by atoms with Gasteiger partial charge in [-0.1, -0.05) is 98.9 Å². The van der Waals surface area contributed by atoms with Crippen molar-refractivity contribution >= 4 is 15.8 Å². The molecule has 2 unspecified atom stereocenters. The van der Waals surface area contributed by atoms with E-state index in [4.69, 9.17) is 0 Å². The third-order valence-electron chi connectivity index (χ3n) is 5.65. The SMILES string of the molecule is CC(C)(C)P(CC1CCC1CP(C(C)(C)C)C(C)(C)C)C(C)(C)C. The van der Waals surface area contributed by atoms with Crippen molar-refractivity contribution < 1.29 is 0 Å². The molecule has 0 aromatic carbocycles. The highest BCUT2D eigenvalue weighted by atomic mass is 31.1. The molecule has 0 heterocycles. The summed E-state index contributed by atoms with van der Waals surface area (Å²) in [5.41, 5.74) is 0. The van der Waals surface area contributed by atoms with Crippen LogP contribution in [-0.2, 0) is 0 Å². The van der Waals surface area contributed by atoms with Crippen molar-refractivity contribution in [2.75, 3.05) is 12.3 Å². The summed E-state index contributed by atoms with van der Waals surface area (Å²) >= 11 is 0. The lowest BCUT2D eigenvalue weighted by Crippen LogP contribution is -2.38. The van der Waals surface area contributed by atoms with Crippen LogP contribution >= 0.6 is 15.8 Å². The lowest BCUT2D eigenvalue weighted by molar-refractivity contribution is 0.224. The summed E-state index contributed by atoms with van der Waals surface area (Å²) in [6.07, 6.45) is 6.00. The molecule has 24 heavy (non-hydrogen) atoms. The van der Waals surface area contributed by atoms with E-state index in [1.807, 2.05) is 0 Å². The van der Waals surface area contributed by atoms with Crippen LogP contribution in [0, 0.1) is 11.8 Å². The van der Waals surface area contributed by atoms with Gasteiger partial charge in [0.2, 0.25) is 0 Å². The molecule has 0 N–H and O–H groups in total. The summed E-state index contributed by atoms with van der Waals surface area (Å²) in [7, 11) is 0.125. The molecule has 0 nitrogen and oxygen atoms in total. The zero-order valence-electron chi connectivity index (χ0n) is 18.9. The van der Waals surface area contributed by atoms with Crippen LogP contribution in [0.25, 0.3) is 0 Å². The molecule has 1 fully saturated rings. The highest BCUT2D eigenvalue weighted by Gasteiger charge is 2.43. The Bertz CT molecular complexity index is 330. The fourth-order valence-electron chi connectivity index (χ4n) is 4.70. The predicted octanol–water partition coefficient (Wildman–Crippen LogP) is 8.17. The summed E-state index contributed by atoms with van der Waals surface area (Å²) < 4.78 is 0. The van der Waals surface area contributed by atoms with Crippen molar-refractivity contribution in [1.82, 2.24) is 0 Å². The lowest BCUT2D eigenvalue weighted by atomic mass is 9.76. The quantitative estimate of drug-likeness (QED) is 0.436. The van der Waals surface area contributed by atoms with Gasteiger partial charge in [0.25, 0.3) is 0 Å². The van der Waals surface area contributed by atoms with Gasteiger partial charge in [-0.3, -0.25) is 0 Å². The number of hydrogen-bond acceptors (Lipinski definition) is 0. The van der Waals surface area contributed by atoms with Crippen molar-refractivity contribution in [3.8, 4) is 0 Å². The Morgan fingerprint density at radius 2 is 0.708 bits per heavy atom. The average Bonchev–Trinajstić information content (AvgIpc) is 2.20. The van der Waals surface area contributed by atoms with Gasteiger partial charge in [-0.15, -0.1) is 0 Å². The molecule has 0 bridgehead atoms. The van der Waals surface area contributed by atoms with Crippen molar-refractivity contribution in [2.24, 2.45) is 11.8 Å². The molecule has 0 saturated heterocycles. The molecule has 0 amide bonds. The summed E-state index contributed by atoms with van der Waals surface area (Å²) in [5.74, 6) is 2.01. The largest absolute Gasteiger partial charge is 0.0954 e. The summed E-state index contributed by atoms with van der Waals surface area (Å²) in [6.45, 7) is 29.8. The molecule has 1 aliphatic carbocycles. The highest BCUT2D eigenvalue weighted by Crippen LogP contribution is 2.65. The maximum atomic E-state index is 2.48. The zero-order valence-corrected chi connectivity index (χ0v) is 20.7. The van der Waals surface area contributed by atoms with Crippen molar-refractivity contribution in [1.29, 1.82) is 0 Å². The van der Waals surface area contributed by atoms with Gasteiger partial charge >= 0.3 is 0 Å².